The van der Waals surface area contributed by atoms with Crippen LogP contribution in [0.4, 0.5) is 0 Å². The van der Waals surface area contributed by atoms with E-state index in [0.717, 1.165) is 0 Å². The van der Waals surface area contributed by atoms with Crippen LogP contribution >= 0.6 is 33.2 Å². The third kappa shape index (κ3) is 11.8. The summed E-state index contributed by atoms with van der Waals surface area (Å²) in [5.41, 5.74) is 0. The van der Waals surface area contributed by atoms with Gasteiger partial charge in [0.1, 0.15) is 0 Å². The van der Waals surface area contributed by atoms with Gasteiger partial charge in [-0.05, 0) is 0 Å². The highest BCUT2D eigenvalue weighted by molar-refractivity contribution is 7.54. The number of halogens is 3. The van der Waals surface area contributed by atoms with Gasteiger partial charge in [-0.25, -0.2) is 0 Å². The Hall–Kier alpha value is 1.09. The molecule has 1 saturated carbocycles. The van der Waals surface area contributed by atoms with Gasteiger partial charge in [0.2, 0.25) is 0 Å². The lowest BCUT2D eigenvalue weighted by Crippen LogP contribution is -1.85. The van der Waals surface area contributed by atoms with Crippen molar-refractivity contribution in [2.45, 2.75) is 38.5 Å². The Labute approximate surface area is 78.6 Å². The van der Waals surface area contributed by atoms with Crippen molar-refractivity contribution < 1.29 is 0 Å². The quantitative estimate of drug-likeness (QED) is 0.430. The van der Waals surface area contributed by atoms with Gasteiger partial charge in [-0.2, -0.15) is 0 Å². The lowest BCUT2D eigenvalue weighted by atomic mass is 10.0. The average molecular weight is 220 g/mol. The summed E-state index contributed by atoms with van der Waals surface area (Å²) >= 11 is 14.8. The summed E-state index contributed by atoms with van der Waals surface area (Å²) in [7, 11) is 0. The lowest BCUT2D eigenvalue weighted by Gasteiger charge is -2.05. The van der Waals surface area contributed by atoms with E-state index in [1.54, 1.807) is 0 Å². The Bertz CT molecular complexity index is 49.7. The van der Waals surface area contributed by atoms with Crippen molar-refractivity contribution in [3.8, 4) is 0 Å². The molecule has 4 heteroatoms. The van der Waals surface area contributed by atoms with Gasteiger partial charge in [0.15, 0.2) is 0 Å². The van der Waals surface area contributed by atoms with E-state index in [1.807, 2.05) is 0 Å². The molecule has 0 aromatic carbocycles. The summed E-state index contributed by atoms with van der Waals surface area (Å²) in [4.78, 5) is 0. The third-order valence-electron chi connectivity index (χ3n) is 1.50. The van der Waals surface area contributed by atoms with Crippen LogP contribution in [0.3, 0.4) is 0 Å². The van der Waals surface area contributed by atoms with Crippen molar-refractivity contribution >= 4 is 40.0 Å². The fraction of sp³-hybridized carbons (Fsp3) is 1.00. The smallest absolute Gasteiger partial charge is 0.130 e. The van der Waals surface area contributed by atoms with Crippen molar-refractivity contribution in [3.63, 3.8) is 0 Å². The van der Waals surface area contributed by atoms with Crippen LogP contribution in [0.15, 0.2) is 0 Å². The second-order valence-corrected chi connectivity index (χ2v) is 8.80. The van der Waals surface area contributed by atoms with E-state index in [1.165, 1.54) is 38.5 Å². The molecule has 0 aromatic rings. The first-order chi connectivity index (χ1) is 4.73. The first-order valence-corrected chi connectivity index (χ1v) is 8.89. The zero-order valence-corrected chi connectivity index (χ0v) is 9.38. The van der Waals surface area contributed by atoms with Crippen molar-refractivity contribution in [2.24, 2.45) is 0 Å². The second kappa shape index (κ2) is 8.19. The second-order valence-electron chi connectivity index (χ2n) is 2.37. The molecule has 0 unspecified atom stereocenters. The molecule has 0 spiro atoms. The molecule has 0 aliphatic heterocycles. The van der Waals surface area contributed by atoms with Crippen LogP contribution in [0, 0.1) is 0 Å². The monoisotopic (exact) mass is 218 g/mol. The predicted molar refractivity (Wildman–Crippen MR) is 52.4 cm³/mol. The zero-order chi connectivity index (χ0) is 7.82. The first-order valence-electron chi connectivity index (χ1n) is 3.65. The number of hydrogen-bond donors (Lipinski definition) is 0. The van der Waals surface area contributed by atoms with Crippen molar-refractivity contribution in [1.82, 2.24) is 0 Å². The van der Waals surface area contributed by atoms with Crippen LogP contribution in [0.2, 0.25) is 0 Å². The molecule has 1 fully saturated rings. The maximum atomic E-state index is 4.94. The van der Waals surface area contributed by atoms with E-state index >= 15 is 0 Å². The molecule has 0 saturated heterocycles. The number of rotatable bonds is 0. The highest BCUT2D eigenvalue weighted by atomic mass is 35.8. The summed E-state index contributed by atoms with van der Waals surface area (Å²) < 4.78 is 0. The average Bonchev–Trinajstić information content (AvgIpc) is 1.90. The standard InChI is InChI=1S/C6H12.Cl3HSi/c1-2-4-6-5-3-1;1-4(2)3/h1-6H2;4H. The molecule has 1 rings (SSSR count). The fourth-order valence-electron chi connectivity index (χ4n) is 1.06. The topological polar surface area (TPSA) is 0 Å². The molecule has 0 nitrogen and oxygen atoms in total. The Morgan fingerprint density at radius 1 is 0.600 bits per heavy atom. The Balaban J connectivity index is 0.000000180. The van der Waals surface area contributed by atoms with E-state index in [9.17, 15) is 0 Å². The van der Waals surface area contributed by atoms with E-state index in [4.69, 9.17) is 33.2 Å². The summed E-state index contributed by atoms with van der Waals surface area (Å²) in [6.07, 6.45) is 9.00. The molecule has 62 valence electrons. The SMILES string of the molecule is C1CCCCC1.Cl[SiH](Cl)Cl. The van der Waals surface area contributed by atoms with Crippen LogP contribution < -0.4 is 0 Å². The maximum absolute atomic E-state index is 4.94. The Morgan fingerprint density at radius 2 is 0.700 bits per heavy atom. The molecule has 0 amide bonds. The molecular weight excluding hydrogens is 207 g/mol. The lowest BCUT2D eigenvalue weighted by molar-refractivity contribution is 0.504. The van der Waals surface area contributed by atoms with Gasteiger partial charge in [0, 0.05) is 0 Å². The molecule has 0 radical (unpaired) electrons. The van der Waals surface area contributed by atoms with Gasteiger partial charge in [-0.1, -0.05) is 38.5 Å². The van der Waals surface area contributed by atoms with Crippen molar-refractivity contribution in [1.29, 1.82) is 0 Å². The van der Waals surface area contributed by atoms with Gasteiger partial charge < -0.3 is 0 Å². The first kappa shape index (κ1) is 11.1. The molecular formula is C6H13Cl3Si. The molecule has 1 aliphatic rings. The summed E-state index contributed by atoms with van der Waals surface area (Å²) in [6, 6.07) is 0. The van der Waals surface area contributed by atoms with E-state index in [-0.39, 0.29) is 0 Å². The zero-order valence-electron chi connectivity index (χ0n) is 5.95. The van der Waals surface area contributed by atoms with E-state index in [0.29, 0.717) is 0 Å². The van der Waals surface area contributed by atoms with Crippen LogP contribution in [-0.2, 0) is 0 Å². The molecule has 0 heterocycles. The minimum absolute atomic E-state index is 1.50. The molecule has 1 aliphatic carbocycles. The molecule has 0 N–H and O–H groups in total. The number of hydrogen-bond acceptors (Lipinski definition) is 0. The minimum Gasteiger partial charge on any atom is -0.130 e. The van der Waals surface area contributed by atoms with E-state index < -0.39 is 6.73 Å². The Kier molecular flexibility index (Phi) is 9.08. The summed E-state index contributed by atoms with van der Waals surface area (Å²) in [5, 5.41) is 0. The molecule has 0 atom stereocenters. The van der Waals surface area contributed by atoms with Crippen LogP contribution in [0.5, 0.6) is 0 Å². The predicted octanol–water partition coefficient (Wildman–Crippen LogP) is 3.76. The van der Waals surface area contributed by atoms with Gasteiger partial charge in [-0.3, -0.25) is 0 Å². The maximum Gasteiger partial charge on any atom is 0.326 e. The Morgan fingerprint density at radius 3 is 0.800 bits per heavy atom. The molecule has 10 heavy (non-hydrogen) atoms. The van der Waals surface area contributed by atoms with Crippen molar-refractivity contribution in [3.05, 3.63) is 0 Å². The van der Waals surface area contributed by atoms with E-state index in [2.05, 4.69) is 0 Å². The fourth-order valence-corrected chi connectivity index (χ4v) is 1.06. The van der Waals surface area contributed by atoms with Gasteiger partial charge in [-0.15, -0.1) is 33.2 Å². The van der Waals surface area contributed by atoms with Gasteiger partial charge >= 0.3 is 6.73 Å². The largest absolute Gasteiger partial charge is 0.326 e. The van der Waals surface area contributed by atoms with Crippen LogP contribution in [-0.4, -0.2) is 6.73 Å². The minimum atomic E-state index is -1.72. The highest BCUT2D eigenvalue weighted by Gasteiger charge is 1.95. The molecule has 0 aromatic heterocycles. The van der Waals surface area contributed by atoms with Crippen LogP contribution in [0.1, 0.15) is 38.5 Å². The van der Waals surface area contributed by atoms with Gasteiger partial charge in [0.05, 0.1) is 0 Å². The highest BCUT2D eigenvalue weighted by Crippen LogP contribution is 2.15. The van der Waals surface area contributed by atoms with Crippen molar-refractivity contribution in [2.75, 3.05) is 0 Å². The third-order valence-corrected chi connectivity index (χ3v) is 1.50. The normalized spacial score (nSPS) is 18.0. The van der Waals surface area contributed by atoms with Gasteiger partial charge in [0.25, 0.3) is 0 Å². The molecule has 0 bridgehead atoms. The summed E-state index contributed by atoms with van der Waals surface area (Å²) in [5.74, 6) is 0. The summed E-state index contributed by atoms with van der Waals surface area (Å²) in [6.45, 7) is -1.72. The van der Waals surface area contributed by atoms with Crippen LogP contribution in [0.25, 0.3) is 0 Å².